The third-order valence-electron chi connectivity index (χ3n) is 8.23. The highest BCUT2D eigenvalue weighted by Crippen LogP contribution is 2.39. The number of nitrogens with one attached hydrogen (secondary N) is 2. The zero-order chi connectivity index (χ0) is 29.2. The van der Waals surface area contributed by atoms with E-state index in [2.05, 4.69) is 44.8 Å². The van der Waals surface area contributed by atoms with Gasteiger partial charge < -0.3 is 16.4 Å². The van der Waals surface area contributed by atoms with E-state index in [9.17, 15) is 9.18 Å². The highest BCUT2D eigenvalue weighted by molar-refractivity contribution is 6.39. The number of piperidine rings is 1. The molecule has 1 amide bonds. The van der Waals surface area contributed by atoms with Gasteiger partial charge in [-0.1, -0.05) is 53.5 Å². The van der Waals surface area contributed by atoms with Gasteiger partial charge in [0.15, 0.2) is 5.65 Å². The van der Waals surface area contributed by atoms with Crippen LogP contribution in [-0.4, -0.2) is 49.5 Å². The number of rotatable bonds is 8. The molecule has 12 heteroatoms. The van der Waals surface area contributed by atoms with Gasteiger partial charge in [0.2, 0.25) is 17.8 Å². The van der Waals surface area contributed by atoms with Crippen LogP contribution >= 0.6 is 23.2 Å². The highest BCUT2D eigenvalue weighted by Gasteiger charge is 2.30. The number of imidazole rings is 1. The van der Waals surface area contributed by atoms with Crippen LogP contribution in [0.5, 0.6) is 0 Å². The number of carbonyl (C=O) groups is 1. The Hall–Kier alpha value is -3.47. The molecule has 9 nitrogen and oxygen atoms in total. The topological polar surface area (TPSA) is 114 Å². The van der Waals surface area contributed by atoms with Crippen molar-refractivity contribution < 1.29 is 9.18 Å². The Labute approximate surface area is 253 Å². The SMILES string of the molecule is NC(=O)[C@H]1CC[C@H](n2c(Nc3c(Cl)cc(F)cc3Cl)nc3cnc(N[C@@H]4CCCN(Cc5ccccc5)C4)nc32)CC1. The molecule has 4 N–H and O–H groups in total. The largest absolute Gasteiger partial charge is 0.369 e. The van der Waals surface area contributed by atoms with E-state index in [0.29, 0.717) is 41.6 Å². The van der Waals surface area contributed by atoms with Crippen molar-refractivity contribution >= 4 is 57.9 Å². The minimum Gasteiger partial charge on any atom is -0.369 e. The smallest absolute Gasteiger partial charge is 0.225 e. The number of benzene rings is 2. The molecule has 6 rings (SSSR count). The molecule has 1 saturated carbocycles. The molecule has 2 fully saturated rings. The van der Waals surface area contributed by atoms with Gasteiger partial charge in [-0.2, -0.15) is 4.98 Å². The van der Waals surface area contributed by atoms with Gasteiger partial charge in [0.25, 0.3) is 0 Å². The van der Waals surface area contributed by atoms with Gasteiger partial charge in [-0.3, -0.25) is 14.3 Å². The first-order valence-electron chi connectivity index (χ1n) is 14.3. The third kappa shape index (κ3) is 6.30. The fourth-order valence-electron chi connectivity index (χ4n) is 6.13. The van der Waals surface area contributed by atoms with Crippen LogP contribution in [0.1, 0.15) is 50.1 Å². The maximum Gasteiger partial charge on any atom is 0.225 e. The van der Waals surface area contributed by atoms with Gasteiger partial charge in [-0.15, -0.1) is 0 Å². The standard InChI is InChI=1S/C30H33Cl2FN8O/c31-23-13-20(33)14-24(32)26(23)38-30-37-25-15-35-29(39-28(25)41(30)22-10-8-19(9-11-22)27(34)42)36-21-7-4-12-40(17-21)16-18-5-2-1-3-6-18/h1-3,5-6,13-15,19,21-22H,4,7-12,16-17H2,(H2,34,42)(H,37,38)(H,35,36,39)/t19-,21-,22-/m1/s1. The number of primary amides is 1. The van der Waals surface area contributed by atoms with Crippen LogP contribution in [0.25, 0.3) is 11.2 Å². The monoisotopic (exact) mass is 610 g/mol. The van der Waals surface area contributed by atoms with Gasteiger partial charge in [-0.05, 0) is 62.8 Å². The van der Waals surface area contributed by atoms with Gasteiger partial charge >= 0.3 is 0 Å². The zero-order valence-electron chi connectivity index (χ0n) is 23.1. The summed E-state index contributed by atoms with van der Waals surface area (Å²) in [6.45, 7) is 2.85. The summed E-state index contributed by atoms with van der Waals surface area (Å²) in [4.78, 5) is 28.6. The first kappa shape index (κ1) is 28.6. The Morgan fingerprint density at radius 3 is 2.50 bits per heavy atom. The Morgan fingerprint density at radius 1 is 1.05 bits per heavy atom. The fraction of sp³-hybridized carbons (Fsp3) is 0.400. The number of nitrogens with zero attached hydrogens (tertiary/aromatic N) is 5. The molecule has 2 aromatic heterocycles. The van der Waals surface area contributed by atoms with Crippen molar-refractivity contribution in [3.63, 3.8) is 0 Å². The summed E-state index contributed by atoms with van der Waals surface area (Å²) in [5, 5.41) is 7.06. The fourth-order valence-corrected chi connectivity index (χ4v) is 6.68. The van der Waals surface area contributed by atoms with E-state index in [1.807, 2.05) is 10.6 Å². The average molecular weight is 612 g/mol. The first-order chi connectivity index (χ1) is 20.3. The van der Waals surface area contributed by atoms with E-state index in [-0.39, 0.29) is 34.0 Å². The van der Waals surface area contributed by atoms with Gasteiger partial charge in [0.1, 0.15) is 11.3 Å². The lowest BCUT2D eigenvalue weighted by Crippen LogP contribution is -2.41. The number of hydrogen-bond donors (Lipinski definition) is 3. The molecule has 3 heterocycles. The number of aromatic nitrogens is 4. The maximum absolute atomic E-state index is 13.9. The van der Waals surface area contributed by atoms with Crippen LogP contribution in [0, 0.1) is 11.7 Å². The predicted molar refractivity (Wildman–Crippen MR) is 164 cm³/mol. The highest BCUT2D eigenvalue weighted by atomic mass is 35.5. The predicted octanol–water partition coefficient (Wildman–Crippen LogP) is 6.31. The van der Waals surface area contributed by atoms with Crippen molar-refractivity contribution in [3.8, 4) is 0 Å². The van der Waals surface area contributed by atoms with E-state index in [0.717, 1.165) is 45.3 Å². The molecule has 0 radical (unpaired) electrons. The molecular weight excluding hydrogens is 578 g/mol. The van der Waals surface area contributed by atoms with Gasteiger partial charge in [-0.25, -0.2) is 14.4 Å². The van der Waals surface area contributed by atoms with Gasteiger partial charge in [0, 0.05) is 31.1 Å². The molecule has 1 saturated heterocycles. The number of fused-ring (bicyclic) bond motifs is 1. The summed E-state index contributed by atoms with van der Waals surface area (Å²) >= 11 is 12.7. The first-order valence-corrected chi connectivity index (χ1v) is 15.1. The maximum atomic E-state index is 13.9. The Kier molecular flexibility index (Phi) is 8.46. The minimum atomic E-state index is -0.527. The summed E-state index contributed by atoms with van der Waals surface area (Å²) in [6, 6.07) is 13.1. The molecular formula is C30H33Cl2FN8O. The molecule has 42 heavy (non-hydrogen) atoms. The van der Waals surface area contributed by atoms with E-state index in [1.165, 1.54) is 17.7 Å². The molecule has 0 spiro atoms. The molecule has 0 bridgehead atoms. The van der Waals surface area contributed by atoms with Crippen molar-refractivity contribution in [2.45, 2.75) is 57.2 Å². The molecule has 0 unspecified atom stereocenters. The van der Waals surface area contributed by atoms with Crippen LogP contribution in [0.15, 0.2) is 48.7 Å². The normalized spacial score (nSPS) is 21.4. The van der Waals surface area contributed by atoms with Crippen LogP contribution in [0.2, 0.25) is 10.0 Å². The number of amides is 1. The van der Waals surface area contributed by atoms with Crippen molar-refractivity contribution in [2.24, 2.45) is 11.7 Å². The van der Waals surface area contributed by atoms with Crippen LogP contribution in [-0.2, 0) is 11.3 Å². The van der Waals surface area contributed by atoms with E-state index in [1.54, 1.807) is 6.20 Å². The molecule has 4 aromatic rings. The number of carbonyl (C=O) groups excluding carboxylic acids is 1. The van der Waals surface area contributed by atoms with E-state index >= 15 is 0 Å². The molecule has 1 aliphatic carbocycles. The lowest BCUT2D eigenvalue weighted by Gasteiger charge is -2.33. The summed E-state index contributed by atoms with van der Waals surface area (Å²) in [5.41, 5.74) is 8.51. The number of anilines is 3. The summed E-state index contributed by atoms with van der Waals surface area (Å²) < 4.78 is 15.9. The Balaban J connectivity index is 1.28. The number of nitrogens with two attached hydrogens (primary N) is 1. The van der Waals surface area contributed by atoms with Crippen molar-refractivity contribution in [2.75, 3.05) is 23.7 Å². The molecule has 1 atom stereocenters. The Morgan fingerprint density at radius 2 is 1.79 bits per heavy atom. The summed E-state index contributed by atoms with van der Waals surface area (Å²) in [7, 11) is 0. The van der Waals surface area contributed by atoms with E-state index in [4.69, 9.17) is 38.9 Å². The molecule has 1 aliphatic heterocycles. The summed E-state index contributed by atoms with van der Waals surface area (Å²) in [5.74, 6) is 0.0622. The molecule has 2 aromatic carbocycles. The van der Waals surface area contributed by atoms with Crippen molar-refractivity contribution in [3.05, 3.63) is 70.1 Å². The second kappa shape index (κ2) is 12.4. The van der Waals surface area contributed by atoms with Crippen LogP contribution < -0.4 is 16.4 Å². The number of hydrogen-bond acceptors (Lipinski definition) is 7. The van der Waals surface area contributed by atoms with Crippen LogP contribution in [0.4, 0.5) is 22.0 Å². The number of halogens is 3. The summed E-state index contributed by atoms with van der Waals surface area (Å²) in [6.07, 6.45) is 6.61. The zero-order valence-corrected chi connectivity index (χ0v) is 24.6. The third-order valence-corrected chi connectivity index (χ3v) is 8.82. The molecule has 2 aliphatic rings. The minimum absolute atomic E-state index is 0.00453. The average Bonchev–Trinajstić information content (AvgIpc) is 3.33. The lowest BCUT2D eigenvalue weighted by atomic mass is 9.85. The second-order valence-electron chi connectivity index (χ2n) is 11.2. The van der Waals surface area contributed by atoms with E-state index < -0.39 is 5.82 Å². The second-order valence-corrected chi connectivity index (χ2v) is 12.0. The Bertz CT molecular complexity index is 1550. The van der Waals surface area contributed by atoms with Crippen LogP contribution in [0.3, 0.4) is 0 Å². The van der Waals surface area contributed by atoms with Gasteiger partial charge in [0.05, 0.1) is 21.9 Å². The van der Waals surface area contributed by atoms with Crippen molar-refractivity contribution in [1.29, 1.82) is 0 Å². The molecule has 220 valence electrons. The quantitative estimate of drug-likeness (QED) is 0.214. The van der Waals surface area contributed by atoms with Crippen molar-refractivity contribution in [1.82, 2.24) is 24.4 Å². The lowest BCUT2D eigenvalue weighted by molar-refractivity contribution is -0.122. The number of likely N-dealkylation sites (tertiary alicyclic amines) is 1.